The van der Waals surface area contributed by atoms with Crippen LogP contribution in [0.3, 0.4) is 0 Å². The summed E-state index contributed by atoms with van der Waals surface area (Å²) < 4.78 is 27.5. The molecule has 2 rings (SSSR count). The van der Waals surface area contributed by atoms with Gasteiger partial charge in [-0.05, 0) is 0 Å². The molecule has 0 radical (unpaired) electrons. The summed E-state index contributed by atoms with van der Waals surface area (Å²) in [6.45, 7) is 0.000976. The van der Waals surface area contributed by atoms with Gasteiger partial charge in [0, 0.05) is 18.9 Å². The van der Waals surface area contributed by atoms with Crippen molar-refractivity contribution in [2.24, 2.45) is 5.92 Å². The van der Waals surface area contributed by atoms with Crippen LogP contribution in [-0.2, 0) is 4.79 Å². The van der Waals surface area contributed by atoms with Crippen molar-refractivity contribution in [1.29, 1.82) is 0 Å². The molecule has 0 aromatic heterocycles. The molecule has 1 atom stereocenters. The first kappa shape index (κ1) is 13.0. The summed E-state index contributed by atoms with van der Waals surface area (Å²) in [5.74, 6) is -0.883. The lowest BCUT2D eigenvalue weighted by Gasteiger charge is -2.17. The van der Waals surface area contributed by atoms with E-state index in [2.05, 4.69) is 5.92 Å². The number of carbonyl (C=O) groups is 1. The van der Waals surface area contributed by atoms with Crippen LogP contribution in [0.1, 0.15) is 6.42 Å². The lowest BCUT2D eigenvalue weighted by molar-refractivity contribution is -0.385. The molecule has 1 saturated heterocycles. The summed E-state index contributed by atoms with van der Waals surface area (Å²) in [5.41, 5.74) is -1.30. The second kappa shape index (κ2) is 4.65. The quantitative estimate of drug-likeness (QED) is 0.466. The van der Waals surface area contributed by atoms with Crippen molar-refractivity contribution >= 4 is 17.3 Å². The molecule has 19 heavy (non-hydrogen) atoms. The van der Waals surface area contributed by atoms with Gasteiger partial charge >= 0.3 is 0 Å². The number of amides is 1. The molecule has 0 bridgehead atoms. The van der Waals surface area contributed by atoms with Gasteiger partial charge in [-0.2, -0.15) is 0 Å². The van der Waals surface area contributed by atoms with Gasteiger partial charge in [0.15, 0.2) is 11.6 Å². The zero-order valence-corrected chi connectivity index (χ0v) is 9.60. The van der Waals surface area contributed by atoms with Crippen LogP contribution in [0.4, 0.5) is 20.2 Å². The van der Waals surface area contributed by atoms with Crippen LogP contribution in [0.25, 0.3) is 0 Å². The average molecular weight is 266 g/mol. The van der Waals surface area contributed by atoms with Crippen molar-refractivity contribution in [3.8, 4) is 12.3 Å². The number of halogens is 2. The summed E-state index contributed by atoms with van der Waals surface area (Å²) >= 11 is 0. The number of nitro benzene ring substituents is 1. The van der Waals surface area contributed by atoms with E-state index in [9.17, 15) is 23.7 Å². The molecule has 1 amide bonds. The normalized spacial score (nSPS) is 18.5. The zero-order valence-electron chi connectivity index (χ0n) is 9.60. The fraction of sp³-hybridized carbons (Fsp3) is 0.250. The second-order valence-corrected chi connectivity index (χ2v) is 4.09. The predicted molar refractivity (Wildman–Crippen MR) is 62.3 cm³/mol. The Hall–Kier alpha value is -2.49. The van der Waals surface area contributed by atoms with Gasteiger partial charge in [-0.3, -0.25) is 14.9 Å². The molecule has 1 fully saturated rings. The number of hydrogen-bond acceptors (Lipinski definition) is 3. The smallest absolute Gasteiger partial charge is 0.275 e. The number of anilines is 1. The first-order valence-corrected chi connectivity index (χ1v) is 5.34. The minimum absolute atomic E-state index is 0.000976. The third-order valence-corrected chi connectivity index (χ3v) is 2.84. The van der Waals surface area contributed by atoms with Gasteiger partial charge in [0.25, 0.3) is 5.69 Å². The molecule has 1 unspecified atom stereocenters. The largest absolute Gasteiger partial charge is 0.306 e. The minimum Gasteiger partial charge on any atom is -0.306 e. The molecule has 1 aliphatic heterocycles. The molecule has 7 heteroatoms. The highest BCUT2D eigenvalue weighted by molar-refractivity contribution is 5.96. The SMILES string of the molecule is C#CC1CC(=O)N(c2c(F)cc([N+](=O)[O-])cc2F)C1. The fourth-order valence-electron chi connectivity index (χ4n) is 1.95. The molecule has 1 aromatic rings. The number of hydrogen-bond donors (Lipinski definition) is 0. The van der Waals surface area contributed by atoms with E-state index >= 15 is 0 Å². The van der Waals surface area contributed by atoms with E-state index in [1.54, 1.807) is 0 Å². The highest BCUT2D eigenvalue weighted by Gasteiger charge is 2.33. The average Bonchev–Trinajstić information content (AvgIpc) is 2.70. The Morgan fingerprint density at radius 3 is 2.42 bits per heavy atom. The van der Waals surface area contributed by atoms with Crippen LogP contribution in [0.15, 0.2) is 12.1 Å². The van der Waals surface area contributed by atoms with E-state index in [-0.39, 0.29) is 13.0 Å². The number of rotatable bonds is 2. The third-order valence-electron chi connectivity index (χ3n) is 2.84. The lowest BCUT2D eigenvalue weighted by atomic mass is 10.1. The van der Waals surface area contributed by atoms with Crippen molar-refractivity contribution in [3.05, 3.63) is 33.9 Å². The van der Waals surface area contributed by atoms with E-state index in [4.69, 9.17) is 6.42 Å². The molecular weight excluding hydrogens is 258 g/mol. The Morgan fingerprint density at radius 1 is 1.42 bits per heavy atom. The number of terminal acetylenes is 1. The van der Waals surface area contributed by atoms with Crippen LogP contribution in [0, 0.1) is 40.0 Å². The van der Waals surface area contributed by atoms with E-state index in [0.29, 0.717) is 12.1 Å². The molecule has 0 spiro atoms. The van der Waals surface area contributed by atoms with E-state index in [1.165, 1.54) is 0 Å². The first-order chi connectivity index (χ1) is 8.93. The molecule has 1 heterocycles. The van der Waals surface area contributed by atoms with E-state index in [1.807, 2.05) is 0 Å². The summed E-state index contributed by atoms with van der Waals surface area (Å²) in [4.78, 5) is 22.1. The molecule has 1 aliphatic rings. The van der Waals surface area contributed by atoms with E-state index < -0.39 is 39.8 Å². The molecule has 0 saturated carbocycles. The molecule has 5 nitrogen and oxygen atoms in total. The fourth-order valence-corrected chi connectivity index (χ4v) is 1.95. The van der Waals surface area contributed by atoms with Crippen molar-refractivity contribution in [3.63, 3.8) is 0 Å². The zero-order chi connectivity index (χ0) is 14.2. The number of benzene rings is 1. The maximum absolute atomic E-state index is 13.7. The monoisotopic (exact) mass is 266 g/mol. The van der Waals surface area contributed by atoms with E-state index in [0.717, 1.165) is 4.90 Å². The van der Waals surface area contributed by atoms with Crippen LogP contribution >= 0.6 is 0 Å². The maximum Gasteiger partial charge on any atom is 0.275 e. The van der Waals surface area contributed by atoms with Crippen LogP contribution in [-0.4, -0.2) is 17.4 Å². The second-order valence-electron chi connectivity index (χ2n) is 4.09. The number of carbonyl (C=O) groups excluding carboxylic acids is 1. The Bertz CT molecular complexity index is 586. The Kier molecular flexibility index (Phi) is 3.17. The Morgan fingerprint density at radius 2 is 2.00 bits per heavy atom. The minimum atomic E-state index is -1.15. The number of nitro groups is 1. The number of nitrogens with zero attached hydrogens (tertiary/aromatic N) is 2. The highest BCUT2D eigenvalue weighted by Crippen LogP contribution is 2.32. The van der Waals surface area contributed by atoms with Gasteiger partial charge in [0.05, 0.1) is 17.1 Å². The molecule has 98 valence electrons. The van der Waals surface area contributed by atoms with Gasteiger partial charge in [0.2, 0.25) is 5.91 Å². The standard InChI is InChI=1S/C12H8F2N2O3/c1-2-7-3-11(17)15(6-7)12-9(13)4-8(16(18)19)5-10(12)14/h1,4-5,7H,3,6H2. The summed E-state index contributed by atoms with van der Waals surface area (Å²) in [5, 5.41) is 10.5. The molecule has 1 aromatic carbocycles. The molecular formula is C12H8F2N2O3. The predicted octanol–water partition coefficient (Wildman–Crippen LogP) is 1.86. The Labute approximate surface area is 107 Å². The van der Waals surface area contributed by atoms with Crippen LogP contribution in [0.5, 0.6) is 0 Å². The van der Waals surface area contributed by atoms with Gasteiger partial charge in [-0.15, -0.1) is 12.3 Å². The Balaban J connectivity index is 2.44. The van der Waals surface area contributed by atoms with Gasteiger partial charge in [0.1, 0.15) is 5.69 Å². The summed E-state index contributed by atoms with van der Waals surface area (Å²) in [7, 11) is 0. The topological polar surface area (TPSA) is 63.5 Å². The van der Waals surface area contributed by atoms with Crippen molar-refractivity contribution < 1.29 is 18.5 Å². The maximum atomic E-state index is 13.7. The van der Waals surface area contributed by atoms with Gasteiger partial charge in [-0.1, -0.05) is 0 Å². The van der Waals surface area contributed by atoms with Crippen LogP contribution in [0.2, 0.25) is 0 Å². The molecule has 0 aliphatic carbocycles. The lowest BCUT2D eigenvalue weighted by Crippen LogP contribution is -2.26. The van der Waals surface area contributed by atoms with Crippen molar-refractivity contribution in [2.45, 2.75) is 6.42 Å². The van der Waals surface area contributed by atoms with Crippen molar-refractivity contribution in [2.75, 3.05) is 11.4 Å². The van der Waals surface area contributed by atoms with Crippen molar-refractivity contribution in [1.82, 2.24) is 0 Å². The third kappa shape index (κ3) is 2.25. The summed E-state index contributed by atoms with van der Waals surface area (Å²) in [6, 6.07) is 1.16. The number of non-ortho nitro benzene ring substituents is 1. The highest BCUT2D eigenvalue weighted by atomic mass is 19.1. The van der Waals surface area contributed by atoms with Gasteiger partial charge in [-0.25, -0.2) is 8.78 Å². The van der Waals surface area contributed by atoms with Gasteiger partial charge < -0.3 is 4.90 Å². The van der Waals surface area contributed by atoms with Crippen LogP contribution < -0.4 is 4.90 Å². The molecule has 0 N–H and O–H groups in total. The first-order valence-electron chi connectivity index (χ1n) is 5.34. The summed E-state index contributed by atoms with van der Waals surface area (Å²) in [6.07, 6.45) is 5.18.